The number of carboxylic acids is 1. The van der Waals surface area contributed by atoms with E-state index in [1.54, 1.807) is 44.6 Å². The summed E-state index contributed by atoms with van der Waals surface area (Å²) in [4.78, 5) is 13.1. The van der Waals surface area contributed by atoms with Gasteiger partial charge in [0.2, 0.25) is 0 Å². The van der Waals surface area contributed by atoms with Crippen LogP contribution in [-0.4, -0.2) is 43.3 Å². The largest absolute Gasteiger partial charge is 0.497 e. The molecule has 1 saturated heterocycles. The van der Waals surface area contributed by atoms with Crippen LogP contribution < -0.4 is 9.47 Å². The number of piperidine rings is 1. The third kappa shape index (κ3) is 4.39. The fraction of sp³-hybridized carbons (Fsp3) is 0.381. The fourth-order valence-electron chi connectivity index (χ4n) is 3.43. The van der Waals surface area contributed by atoms with Crippen LogP contribution in [0.3, 0.4) is 0 Å². The van der Waals surface area contributed by atoms with Gasteiger partial charge in [-0.05, 0) is 48.2 Å². The number of carbonyl (C=O) groups is 1. The number of hydrogen-bond acceptors (Lipinski definition) is 4. The first-order valence-corrected chi connectivity index (χ1v) is 8.90. The highest BCUT2D eigenvalue weighted by Gasteiger charge is 2.37. The van der Waals surface area contributed by atoms with Crippen LogP contribution in [0.5, 0.6) is 11.5 Å². The molecule has 1 aliphatic heterocycles. The van der Waals surface area contributed by atoms with Crippen LogP contribution in [0.25, 0.3) is 0 Å². The first kappa shape index (κ1) is 19.2. The zero-order valence-electron chi connectivity index (χ0n) is 15.6. The Kier molecular flexibility index (Phi) is 5.65. The lowest BCUT2D eigenvalue weighted by Crippen LogP contribution is -2.39. The zero-order chi connectivity index (χ0) is 19.4. The second kappa shape index (κ2) is 7.96. The van der Waals surface area contributed by atoms with Gasteiger partial charge in [0.25, 0.3) is 0 Å². The second-order valence-electron chi connectivity index (χ2n) is 6.84. The minimum Gasteiger partial charge on any atom is -0.497 e. The van der Waals surface area contributed by atoms with Crippen LogP contribution in [0.1, 0.15) is 34.3 Å². The number of hydrogen-bond donors (Lipinski definition) is 1. The van der Waals surface area contributed by atoms with Gasteiger partial charge in [-0.15, -0.1) is 0 Å². The molecule has 0 radical (unpaired) electrons. The maximum Gasteiger partial charge on any atom is 0.335 e. The van der Waals surface area contributed by atoms with Crippen molar-refractivity contribution < 1.29 is 23.8 Å². The van der Waals surface area contributed by atoms with Crippen LogP contribution in [0.4, 0.5) is 4.39 Å². The van der Waals surface area contributed by atoms with Crippen LogP contribution in [0.2, 0.25) is 0 Å². The Labute approximate surface area is 158 Å². The van der Waals surface area contributed by atoms with Crippen molar-refractivity contribution in [1.82, 2.24) is 4.90 Å². The SMILES string of the molecule is COc1cc(OC)cc(C2(F)CCN(Cc3ccc(C(=O)O)cc3)CC2)c1. The van der Waals surface area contributed by atoms with Gasteiger partial charge in [0, 0.05) is 25.7 Å². The molecule has 5 nitrogen and oxygen atoms in total. The lowest BCUT2D eigenvalue weighted by molar-refractivity contribution is 0.0522. The van der Waals surface area contributed by atoms with Gasteiger partial charge in [-0.2, -0.15) is 0 Å². The number of methoxy groups -OCH3 is 2. The molecular formula is C21H24FNO4. The summed E-state index contributed by atoms with van der Waals surface area (Å²) in [6, 6.07) is 12.0. The van der Waals surface area contributed by atoms with Crippen LogP contribution in [0.15, 0.2) is 42.5 Å². The molecule has 144 valence electrons. The van der Waals surface area contributed by atoms with Gasteiger partial charge in [0.1, 0.15) is 17.2 Å². The number of benzene rings is 2. The summed E-state index contributed by atoms with van der Waals surface area (Å²) in [7, 11) is 3.11. The molecule has 27 heavy (non-hydrogen) atoms. The lowest BCUT2D eigenvalue weighted by atomic mass is 9.85. The van der Waals surface area contributed by atoms with E-state index in [-0.39, 0.29) is 5.56 Å². The Balaban J connectivity index is 1.66. The molecule has 2 aromatic carbocycles. The number of carboxylic acid groups (broad SMARTS) is 1. The highest BCUT2D eigenvalue weighted by atomic mass is 19.1. The molecule has 0 spiro atoms. The van der Waals surface area contributed by atoms with Crippen LogP contribution in [0, 0.1) is 0 Å². The Morgan fingerprint density at radius 3 is 2.11 bits per heavy atom. The molecule has 0 amide bonds. The van der Waals surface area contributed by atoms with Gasteiger partial charge in [-0.1, -0.05) is 12.1 Å². The quantitative estimate of drug-likeness (QED) is 0.833. The summed E-state index contributed by atoms with van der Waals surface area (Å²) in [5.74, 6) is 0.236. The third-order valence-corrected chi connectivity index (χ3v) is 5.12. The average molecular weight is 373 g/mol. The molecule has 0 aromatic heterocycles. The number of nitrogens with zero attached hydrogens (tertiary/aromatic N) is 1. The molecule has 0 bridgehead atoms. The van der Waals surface area contributed by atoms with Gasteiger partial charge < -0.3 is 14.6 Å². The van der Waals surface area contributed by atoms with Gasteiger partial charge in [0.15, 0.2) is 0 Å². The monoisotopic (exact) mass is 373 g/mol. The van der Waals surface area contributed by atoms with E-state index >= 15 is 4.39 Å². The number of halogens is 1. The second-order valence-corrected chi connectivity index (χ2v) is 6.84. The summed E-state index contributed by atoms with van der Waals surface area (Å²) in [5.41, 5.74) is 0.469. The van der Waals surface area contributed by atoms with Crippen molar-refractivity contribution in [3.05, 3.63) is 59.2 Å². The smallest absolute Gasteiger partial charge is 0.335 e. The summed E-state index contributed by atoms with van der Waals surface area (Å²) in [5, 5.41) is 8.97. The molecule has 6 heteroatoms. The number of likely N-dealkylation sites (tertiary alicyclic amines) is 1. The van der Waals surface area contributed by atoms with Gasteiger partial charge >= 0.3 is 5.97 Å². The molecule has 0 saturated carbocycles. The average Bonchev–Trinajstić information content (AvgIpc) is 2.69. The van der Waals surface area contributed by atoms with E-state index in [0.29, 0.717) is 49.5 Å². The predicted molar refractivity (Wildman–Crippen MR) is 100 cm³/mol. The maximum atomic E-state index is 15.6. The molecule has 2 aromatic rings. The topological polar surface area (TPSA) is 59.0 Å². The van der Waals surface area contributed by atoms with Crippen LogP contribution in [-0.2, 0) is 12.2 Å². The first-order chi connectivity index (χ1) is 12.9. The molecule has 1 aliphatic rings. The first-order valence-electron chi connectivity index (χ1n) is 8.90. The molecule has 0 unspecified atom stereocenters. The van der Waals surface area contributed by atoms with E-state index in [2.05, 4.69) is 4.90 Å². The van der Waals surface area contributed by atoms with Gasteiger partial charge in [-0.25, -0.2) is 9.18 Å². The standard InChI is InChI=1S/C21H24FNO4/c1-26-18-11-17(12-19(13-18)27-2)21(22)7-9-23(10-8-21)14-15-3-5-16(6-4-15)20(24)25/h3-6,11-13H,7-10,14H2,1-2H3,(H,24,25). The van der Waals surface area contributed by atoms with Crippen molar-refractivity contribution in [3.63, 3.8) is 0 Å². The van der Waals surface area contributed by atoms with Crippen molar-refractivity contribution in [1.29, 1.82) is 0 Å². The molecule has 1 N–H and O–H groups in total. The van der Waals surface area contributed by atoms with Gasteiger partial charge in [-0.3, -0.25) is 4.90 Å². The van der Waals surface area contributed by atoms with Crippen LogP contribution >= 0.6 is 0 Å². The fourth-order valence-corrected chi connectivity index (χ4v) is 3.43. The maximum absolute atomic E-state index is 15.6. The highest BCUT2D eigenvalue weighted by molar-refractivity contribution is 5.87. The van der Waals surface area contributed by atoms with Crippen molar-refractivity contribution >= 4 is 5.97 Å². The van der Waals surface area contributed by atoms with E-state index in [9.17, 15) is 4.79 Å². The van der Waals surface area contributed by atoms with E-state index in [1.807, 2.05) is 12.1 Å². The lowest BCUT2D eigenvalue weighted by Gasteiger charge is -2.37. The third-order valence-electron chi connectivity index (χ3n) is 5.12. The number of rotatable bonds is 6. The summed E-state index contributed by atoms with van der Waals surface area (Å²) in [6.45, 7) is 1.92. The predicted octanol–water partition coefficient (Wildman–Crippen LogP) is 3.86. The van der Waals surface area contributed by atoms with E-state index in [4.69, 9.17) is 14.6 Å². The number of alkyl halides is 1. The number of ether oxygens (including phenoxy) is 2. The van der Waals surface area contributed by atoms with E-state index < -0.39 is 11.6 Å². The molecular weight excluding hydrogens is 349 g/mol. The number of aromatic carboxylic acids is 1. The summed E-state index contributed by atoms with van der Waals surface area (Å²) < 4.78 is 26.1. The van der Waals surface area contributed by atoms with Crippen molar-refractivity contribution in [3.8, 4) is 11.5 Å². The van der Waals surface area contributed by atoms with Crippen molar-refractivity contribution in [2.24, 2.45) is 0 Å². The Morgan fingerprint density at radius 1 is 1.07 bits per heavy atom. The minimum absolute atomic E-state index is 0.271. The normalized spacial score (nSPS) is 16.7. The Hall–Kier alpha value is -2.60. The Bertz CT molecular complexity index is 776. The molecule has 0 aliphatic carbocycles. The molecule has 0 atom stereocenters. The Morgan fingerprint density at radius 2 is 1.63 bits per heavy atom. The van der Waals surface area contributed by atoms with Crippen molar-refractivity contribution in [2.75, 3.05) is 27.3 Å². The summed E-state index contributed by atoms with van der Waals surface area (Å²) >= 11 is 0. The molecule has 1 heterocycles. The van der Waals surface area contributed by atoms with E-state index in [0.717, 1.165) is 5.56 Å². The highest BCUT2D eigenvalue weighted by Crippen LogP contribution is 2.40. The summed E-state index contributed by atoms with van der Waals surface area (Å²) in [6.07, 6.45) is 0.771. The van der Waals surface area contributed by atoms with E-state index in [1.165, 1.54) is 0 Å². The molecule has 1 fully saturated rings. The molecule has 3 rings (SSSR count). The van der Waals surface area contributed by atoms with Gasteiger partial charge in [0.05, 0.1) is 19.8 Å². The zero-order valence-corrected chi connectivity index (χ0v) is 15.6. The minimum atomic E-state index is -1.41. The van der Waals surface area contributed by atoms with Crippen molar-refractivity contribution in [2.45, 2.75) is 25.1 Å².